The van der Waals surface area contributed by atoms with E-state index in [9.17, 15) is 14.3 Å². The van der Waals surface area contributed by atoms with Crippen LogP contribution in [0.15, 0.2) is 48.5 Å². The lowest BCUT2D eigenvalue weighted by Gasteiger charge is -2.20. The zero-order valence-electron chi connectivity index (χ0n) is 11.9. The number of hydrogen-bond acceptors (Lipinski definition) is 3. The molecular formula is C17H11FN2O3. The molecule has 1 aromatic heterocycles. The Morgan fingerprint density at radius 3 is 2.83 bits per heavy atom. The molecule has 1 aliphatic rings. The summed E-state index contributed by atoms with van der Waals surface area (Å²) in [5.41, 5.74) is 2.62. The highest BCUT2D eigenvalue weighted by Crippen LogP contribution is 2.33. The Bertz CT molecular complexity index is 933. The van der Waals surface area contributed by atoms with E-state index >= 15 is 0 Å². The second kappa shape index (κ2) is 4.95. The molecule has 6 heteroatoms. The first kappa shape index (κ1) is 13.5. The smallest absolute Gasteiger partial charge is 0.336 e. The minimum Gasteiger partial charge on any atom is -0.478 e. The molecule has 114 valence electrons. The first-order valence-electron chi connectivity index (χ1n) is 6.98. The normalized spacial score (nSPS) is 12.2. The summed E-state index contributed by atoms with van der Waals surface area (Å²) in [7, 11) is 0. The second-order valence-electron chi connectivity index (χ2n) is 5.19. The van der Waals surface area contributed by atoms with Crippen LogP contribution in [0.4, 0.5) is 4.39 Å². The number of fused-ring (bicyclic) bond motifs is 3. The maximum Gasteiger partial charge on any atom is 0.336 e. The van der Waals surface area contributed by atoms with Crippen LogP contribution in [0.3, 0.4) is 0 Å². The van der Waals surface area contributed by atoms with Crippen LogP contribution in [-0.2, 0) is 6.61 Å². The highest BCUT2D eigenvalue weighted by Gasteiger charge is 2.24. The van der Waals surface area contributed by atoms with Crippen LogP contribution in [0.2, 0.25) is 0 Å². The molecule has 2 heterocycles. The fourth-order valence-corrected chi connectivity index (χ4v) is 2.70. The first-order valence-corrected chi connectivity index (χ1v) is 6.98. The predicted molar refractivity (Wildman–Crippen MR) is 80.2 cm³/mol. The maximum absolute atomic E-state index is 13.4. The van der Waals surface area contributed by atoms with Gasteiger partial charge in [0.25, 0.3) is 0 Å². The van der Waals surface area contributed by atoms with Gasteiger partial charge in [0.15, 0.2) is 0 Å². The quantitative estimate of drug-likeness (QED) is 0.789. The average Bonchev–Trinajstić information content (AvgIpc) is 2.98. The van der Waals surface area contributed by atoms with Crippen LogP contribution in [0, 0.1) is 5.82 Å². The molecule has 5 nitrogen and oxygen atoms in total. The Balaban J connectivity index is 1.87. The molecule has 0 amide bonds. The lowest BCUT2D eigenvalue weighted by molar-refractivity contribution is 0.0693. The van der Waals surface area contributed by atoms with Gasteiger partial charge >= 0.3 is 5.97 Å². The van der Waals surface area contributed by atoms with Crippen LogP contribution in [0.1, 0.15) is 15.9 Å². The van der Waals surface area contributed by atoms with Crippen molar-refractivity contribution in [2.24, 2.45) is 0 Å². The van der Waals surface area contributed by atoms with E-state index in [1.54, 1.807) is 35.0 Å². The topological polar surface area (TPSA) is 64.3 Å². The summed E-state index contributed by atoms with van der Waals surface area (Å²) in [6, 6.07) is 12.8. The largest absolute Gasteiger partial charge is 0.478 e. The summed E-state index contributed by atoms with van der Waals surface area (Å²) in [6.45, 7) is 0.159. The van der Waals surface area contributed by atoms with Gasteiger partial charge in [0.1, 0.15) is 12.4 Å². The molecule has 0 saturated heterocycles. The van der Waals surface area contributed by atoms with E-state index in [4.69, 9.17) is 4.74 Å². The molecular weight excluding hydrogens is 299 g/mol. The van der Waals surface area contributed by atoms with Crippen molar-refractivity contribution in [3.8, 4) is 22.8 Å². The van der Waals surface area contributed by atoms with E-state index in [0.717, 1.165) is 0 Å². The minimum atomic E-state index is -1.01. The third kappa shape index (κ3) is 2.15. The Kier molecular flexibility index (Phi) is 2.90. The van der Waals surface area contributed by atoms with Crippen molar-refractivity contribution < 1.29 is 19.0 Å². The zero-order valence-corrected chi connectivity index (χ0v) is 11.9. The number of carbonyl (C=O) groups is 1. The Labute approximate surface area is 130 Å². The van der Waals surface area contributed by atoms with Gasteiger partial charge in [-0.15, -0.1) is 0 Å². The van der Waals surface area contributed by atoms with Crippen molar-refractivity contribution in [2.75, 3.05) is 0 Å². The number of aromatic carboxylic acids is 1. The number of carboxylic acid groups (broad SMARTS) is 1. The Hall–Kier alpha value is -3.15. The SMILES string of the molecule is O=C(O)c1cccc2c1COc1cc(-c3cccc(F)c3)nn1-2. The molecule has 1 N–H and O–H groups in total. The van der Waals surface area contributed by atoms with Gasteiger partial charge < -0.3 is 9.84 Å². The second-order valence-corrected chi connectivity index (χ2v) is 5.19. The van der Waals surface area contributed by atoms with E-state index in [0.29, 0.717) is 28.4 Å². The standard InChI is InChI=1S/C17H11FN2O3/c18-11-4-1-3-10(7-11)14-8-16-20(19-14)15-6-2-5-12(17(21)22)13(15)9-23-16/h1-8H,9H2,(H,21,22). The summed E-state index contributed by atoms with van der Waals surface area (Å²) < 4.78 is 20.5. The molecule has 0 atom stereocenters. The van der Waals surface area contributed by atoms with Gasteiger partial charge in [0, 0.05) is 17.2 Å². The van der Waals surface area contributed by atoms with Crippen molar-refractivity contribution in [2.45, 2.75) is 6.61 Å². The summed E-state index contributed by atoms with van der Waals surface area (Å²) in [5, 5.41) is 13.7. The molecule has 0 bridgehead atoms. The molecule has 23 heavy (non-hydrogen) atoms. The van der Waals surface area contributed by atoms with Crippen molar-refractivity contribution in [1.82, 2.24) is 9.78 Å². The molecule has 0 spiro atoms. The van der Waals surface area contributed by atoms with Gasteiger partial charge in [-0.25, -0.2) is 13.9 Å². The van der Waals surface area contributed by atoms with Crippen molar-refractivity contribution in [3.63, 3.8) is 0 Å². The number of hydrogen-bond donors (Lipinski definition) is 1. The Morgan fingerprint density at radius 2 is 2.04 bits per heavy atom. The van der Waals surface area contributed by atoms with Gasteiger partial charge in [0.05, 0.1) is 16.9 Å². The lowest BCUT2D eigenvalue weighted by atomic mass is 10.1. The predicted octanol–water partition coefficient (Wildman–Crippen LogP) is 3.27. The third-order valence-corrected chi connectivity index (χ3v) is 3.77. The number of halogens is 1. The van der Waals surface area contributed by atoms with Crippen LogP contribution in [0.5, 0.6) is 5.88 Å². The van der Waals surface area contributed by atoms with Crippen LogP contribution < -0.4 is 4.74 Å². The van der Waals surface area contributed by atoms with Gasteiger partial charge in [0.2, 0.25) is 5.88 Å². The van der Waals surface area contributed by atoms with Crippen molar-refractivity contribution in [1.29, 1.82) is 0 Å². The number of ether oxygens (including phenoxy) is 1. The first-order chi connectivity index (χ1) is 11.1. The molecule has 3 aromatic rings. The molecule has 4 rings (SSSR count). The van der Waals surface area contributed by atoms with Crippen LogP contribution >= 0.6 is 0 Å². The molecule has 2 aromatic carbocycles. The molecule has 0 saturated carbocycles. The third-order valence-electron chi connectivity index (χ3n) is 3.77. The molecule has 0 aliphatic carbocycles. The fraction of sp³-hybridized carbons (Fsp3) is 0.0588. The monoisotopic (exact) mass is 310 g/mol. The van der Waals surface area contributed by atoms with Crippen LogP contribution in [0.25, 0.3) is 16.9 Å². The van der Waals surface area contributed by atoms with Gasteiger partial charge in [-0.1, -0.05) is 18.2 Å². The zero-order chi connectivity index (χ0) is 16.0. The van der Waals surface area contributed by atoms with E-state index in [2.05, 4.69) is 5.10 Å². The molecule has 0 radical (unpaired) electrons. The number of carboxylic acids is 1. The van der Waals surface area contributed by atoms with E-state index < -0.39 is 5.97 Å². The van der Waals surface area contributed by atoms with Gasteiger partial charge in [-0.3, -0.25) is 0 Å². The van der Waals surface area contributed by atoms with Crippen molar-refractivity contribution in [3.05, 3.63) is 65.5 Å². The van der Waals surface area contributed by atoms with Gasteiger partial charge in [-0.05, 0) is 24.3 Å². The molecule has 1 aliphatic heterocycles. The minimum absolute atomic E-state index is 0.159. The average molecular weight is 310 g/mol. The van der Waals surface area contributed by atoms with Gasteiger partial charge in [-0.2, -0.15) is 5.10 Å². The lowest BCUT2D eigenvalue weighted by Crippen LogP contribution is -2.16. The summed E-state index contributed by atoms with van der Waals surface area (Å²) >= 11 is 0. The Morgan fingerprint density at radius 1 is 1.22 bits per heavy atom. The summed E-state index contributed by atoms with van der Waals surface area (Å²) in [4.78, 5) is 11.3. The van der Waals surface area contributed by atoms with E-state index in [-0.39, 0.29) is 18.0 Å². The summed E-state index contributed by atoms with van der Waals surface area (Å²) in [6.07, 6.45) is 0. The molecule has 0 fully saturated rings. The number of nitrogens with zero attached hydrogens (tertiary/aromatic N) is 2. The molecule has 0 unspecified atom stereocenters. The fourth-order valence-electron chi connectivity index (χ4n) is 2.70. The maximum atomic E-state index is 13.4. The highest BCUT2D eigenvalue weighted by atomic mass is 19.1. The van der Waals surface area contributed by atoms with Crippen LogP contribution in [-0.4, -0.2) is 20.9 Å². The number of benzene rings is 2. The highest BCUT2D eigenvalue weighted by molar-refractivity contribution is 5.90. The number of aromatic nitrogens is 2. The summed E-state index contributed by atoms with van der Waals surface area (Å²) in [5.74, 6) is -0.853. The van der Waals surface area contributed by atoms with E-state index in [1.807, 2.05) is 0 Å². The van der Waals surface area contributed by atoms with E-state index in [1.165, 1.54) is 18.2 Å². The number of rotatable bonds is 2. The van der Waals surface area contributed by atoms with Crippen molar-refractivity contribution >= 4 is 5.97 Å².